The fourth-order valence-electron chi connectivity index (χ4n) is 4.16. The van der Waals surface area contributed by atoms with E-state index in [1.807, 2.05) is 12.3 Å². The van der Waals surface area contributed by atoms with Gasteiger partial charge in [-0.2, -0.15) is 4.98 Å². The van der Waals surface area contributed by atoms with Crippen LogP contribution in [-0.2, 0) is 0 Å². The predicted molar refractivity (Wildman–Crippen MR) is 114 cm³/mol. The molecule has 5 heteroatoms. The summed E-state index contributed by atoms with van der Waals surface area (Å²) < 4.78 is 16.0. The van der Waals surface area contributed by atoms with Crippen LogP contribution in [0.25, 0.3) is 16.6 Å². The minimum Gasteiger partial charge on any atom is -0.354 e. The van der Waals surface area contributed by atoms with Gasteiger partial charge in [0.15, 0.2) is 0 Å². The molecule has 0 spiro atoms. The molecule has 0 aliphatic heterocycles. The van der Waals surface area contributed by atoms with Crippen LogP contribution in [-0.4, -0.2) is 21.1 Å². The lowest BCUT2D eigenvalue weighted by Crippen LogP contribution is -2.13. The van der Waals surface area contributed by atoms with Crippen LogP contribution in [0.1, 0.15) is 69.9 Å². The topological polar surface area (TPSA) is 42.7 Å². The van der Waals surface area contributed by atoms with Crippen LogP contribution in [0.2, 0.25) is 0 Å². The second-order valence-electron chi connectivity index (χ2n) is 7.77. The minimum atomic E-state index is -0.180. The molecule has 2 heterocycles. The smallest absolute Gasteiger partial charge is 0.224 e. The van der Waals surface area contributed by atoms with E-state index in [-0.39, 0.29) is 5.83 Å². The quantitative estimate of drug-likeness (QED) is 0.594. The average molecular weight is 381 g/mol. The third-order valence-corrected chi connectivity index (χ3v) is 5.74. The van der Waals surface area contributed by atoms with E-state index in [0.717, 1.165) is 41.6 Å². The molecule has 2 aromatic heterocycles. The summed E-state index contributed by atoms with van der Waals surface area (Å²) in [5.41, 5.74) is 3.13. The Kier molecular flexibility index (Phi) is 5.89. The highest BCUT2D eigenvalue weighted by Crippen LogP contribution is 2.35. The van der Waals surface area contributed by atoms with Crippen LogP contribution in [0.4, 0.5) is 10.3 Å². The summed E-state index contributed by atoms with van der Waals surface area (Å²) in [5.74, 6) is 0.515. The molecule has 0 unspecified atom stereocenters. The Morgan fingerprint density at radius 1 is 1.18 bits per heavy atom. The van der Waals surface area contributed by atoms with Crippen molar-refractivity contribution in [2.75, 3.05) is 11.9 Å². The zero-order chi connectivity index (χ0) is 19.3. The van der Waals surface area contributed by atoms with Crippen LogP contribution < -0.4 is 5.32 Å². The van der Waals surface area contributed by atoms with E-state index < -0.39 is 0 Å². The van der Waals surface area contributed by atoms with E-state index in [4.69, 9.17) is 4.98 Å². The molecule has 0 aromatic carbocycles. The Labute approximate surface area is 166 Å². The molecule has 0 radical (unpaired) electrons. The summed E-state index contributed by atoms with van der Waals surface area (Å²) in [6.45, 7) is 3.07. The van der Waals surface area contributed by atoms with Crippen LogP contribution in [0.5, 0.6) is 0 Å². The summed E-state index contributed by atoms with van der Waals surface area (Å²) in [5, 5.41) is 4.40. The van der Waals surface area contributed by atoms with Gasteiger partial charge < -0.3 is 9.88 Å². The molecule has 1 saturated carbocycles. The largest absolute Gasteiger partial charge is 0.354 e. The second kappa shape index (κ2) is 8.72. The van der Waals surface area contributed by atoms with Gasteiger partial charge in [0, 0.05) is 35.9 Å². The summed E-state index contributed by atoms with van der Waals surface area (Å²) in [4.78, 5) is 9.44. The number of hydrogen-bond donors (Lipinski definition) is 1. The normalized spacial score (nSPS) is 18.1. The van der Waals surface area contributed by atoms with Gasteiger partial charge >= 0.3 is 0 Å². The van der Waals surface area contributed by atoms with E-state index >= 15 is 0 Å². The number of nitrogens with one attached hydrogen (secondary N) is 1. The Morgan fingerprint density at radius 3 is 2.86 bits per heavy atom. The molecule has 0 atom stereocenters. The number of unbranched alkanes of at least 4 members (excludes halogenated alkanes) is 1. The molecule has 0 saturated heterocycles. The Hall–Kier alpha value is -2.43. The molecule has 4 nitrogen and oxygen atoms in total. The van der Waals surface area contributed by atoms with Crippen LogP contribution in [0.3, 0.4) is 0 Å². The molecule has 148 valence electrons. The molecule has 1 fully saturated rings. The lowest BCUT2D eigenvalue weighted by molar-refractivity contribution is 0.359. The first kappa shape index (κ1) is 18.9. The number of aromatic nitrogens is 3. The van der Waals surface area contributed by atoms with Crippen LogP contribution in [0.15, 0.2) is 42.5 Å². The lowest BCUT2D eigenvalue weighted by atomic mass is 9.95. The fourth-order valence-corrected chi connectivity index (χ4v) is 4.16. The molecule has 1 N–H and O–H groups in total. The Bertz CT molecular complexity index is 916. The number of anilines is 1. The van der Waals surface area contributed by atoms with E-state index in [2.05, 4.69) is 34.1 Å². The van der Waals surface area contributed by atoms with Crippen molar-refractivity contribution in [3.8, 4) is 0 Å². The van der Waals surface area contributed by atoms with E-state index in [9.17, 15) is 4.39 Å². The first-order valence-electron chi connectivity index (χ1n) is 10.6. The highest BCUT2D eigenvalue weighted by molar-refractivity contribution is 5.94. The molecule has 2 aliphatic carbocycles. The number of nitrogens with zero attached hydrogens (tertiary/aromatic N) is 3. The summed E-state index contributed by atoms with van der Waals surface area (Å²) in [7, 11) is 0. The highest BCUT2D eigenvalue weighted by Gasteiger charge is 2.21. The zero-order valence-corrected chi connectivity index (χ0v) is 16.6. The van der Waals surface area contributed by atoms with Crippen molar-refractivity contribution in [3.63, 3.8) is 0 Å². The van der Waals surface area contributed by atoms with Gasteiger partial charge in [0.05, 0.1) is 0 Å². The van der Waals surface area contributed by atoms with Gasteiger partial charge in [0.2, 0.25) is 5.95 Å². The summed E-state index contributed by atoms with van der Waals surface area (Å²) >= 11 is 0. The van der Waals surface area contributed by atoms with Crippen molar-refractivity contribution in [2.45, 2.75) is 64.3 Å². The molecular weight excluding hydrogens is 351 g/mol. The van der Waals surface area contributed by atoms with E-state index in [1.54, 1.807) is 12.2 Å². The molecule has 0 bridgehead atoms. The number of fused-ring (bicyclic) bond motifs is 1. The van der Waals surface area contributed by atoms with Gasteiger partial charge in [-0.3, -0.25) is 0 Å². The average Bonchev–Trinajstić information content (AvgIpc) is 2.96. The van der Waals surface area contributed by atoms with E-state index in [0.29, 0.717) is 18.4 Å². The van der Waals surface area contributed by atoms with Crippen molar-refractivity contribution in [2.24, 2.45) is 0 Å². The molecule has 28 heavy (non-hydrogen) atoms. The van der Waals surface area contributed by atoms with Gasteiger partial charge in [0.25, 0.3) is 0 Å². The second-order valence-corrected chi connectivity index (χ2v) is 7.77. The fraction of sp³-hybridized carbons (Fsp3) is 0.478. The van der Waals surface area contributed by atoms with Gasteiger partial charge in [-0.25, -0.2) is 9.37 Å². The van der Waals surface area contributed by atoms with Crippen molar-refractivity contribution >= 4 is 22.6 Å². The molecule has 0 amide bonds. The van der Waals surface area contributed by atoms with Gasteiger partial charge in [-0.15, -0.1) is 0 Å². The molecule has 4 rings (SSSR count). The first-order chi connectivity index (χ1) is 13.8. The Morgan fingerprint density at radius 2 is 2.04 bits per heavy atom. The van der Waals surface area contributed by atoms with Crippen molar-refractivity contribution in [3.05, 3.63) is 48.1 Å². The van der Waals surface area contributed by atoms with Gasteiger partial charge in [-0.1, -0.05) is 44.8 Å². The summed E-state index contributed by atoms with van der Waals surface area (Å²) in [6.07, 6.45) is 20.3. The molecule has 2 aromatic rings. The number of halogens is 1. The number of allylic oxidation sites excluding steroid dienone is 6. The monoisotopic (exact) mass is 380 g/mol. The van der Waals surface area contributed by atoms with Gasteiger partial charge in [0.1, 0.15) is 11.5 Å². The summed E-state index contributed by atoms with van der Waals surface area (Å²) in [6, 6.07) is 0.480. The standard InChI is InChI=1S/C23H29FN4/c1-2-3-14-25-23-26-15-20-21(17-8-7-9-18(24)13-12-17)16-28(22(20)27-23)19-10-5-4-6-11-19/h8-9,12-13,15-16,19H,2-7,10-11,14H2,1H3,(H,25,26,27). The van der Waals surface area contributed by atoms with Crippen molar-refractivity contribution in [1.29, 1.82) is 0 Å². The predicted octanol–water partition coefficient (Wildman–Crippen LogP) is 6.35. The zero-order valence-electron chi connectivity index (χ0n) is 16.6. The highest BCUT2D eigenvalue weighted by atomic mass is 19.1. The minimum absolute atomic E-state index is 0.180. The maximum absolute atomic E-state index is 13.6. The first-order valence-corrected chi connectivity index (χ1v) is 10.6. The third kappa shape index (κ3) is 4.03. The maximum Gasteiger partial charge on any atom is 0.224 e. The van der Waals surface area contributed by atoms with Crippen LogP contribution >= 0.6 is 0 Å². The third-order valence-electron chi connectivity index (χ3n) is 5.74. The molecule has 2 aliphatic rings. The van der Waals surface area contributed by atoms with E-state index in [1.165, 1.54) is 32.1 Å². The number of rotatable bonds is 6. The number of hydrogen-bond acceptors (Lipinski definition) is 3. The van der Waals surface area contributed by atoms with Crippen LogP contribution in [0, 0.1) is 0 Å². The molecular formula is C23H29FN4. The van der Waals surface area contributed by atoms with Crippen molar-refractivity contribution < 1.29 is 4.39 Å². The SMILES string of the molecule is CCCCNc1ncc2c(C3=CCC=C(F)C=C3)cn(C3CCCCC3)c2n1. The van der Waals surface area contributed by atoms with Gasteiger partial charge in [-0.05, 0) is 43.4 Å². The Balaban J connectivity index is 1.75. The van der Waals surface area contributed by atoms with Crippen molar-refractivity contribution in [1.82, 2.24) is 14.5 Å². The lowest BCUT2D eigenvalue weighted by Gasteiger charge is -2.23. The maximum atomic E-state index is 13.6.